The van der Waals surface area contributed by atoms with Crippen LogP contribution >= 0.6 is 24.0 Å². The van der Waals surface area contributed by atoms with Crippen molar-refractivity contribution in [3.63, 3.8) is 0 Å². The van der Waals surface area contributed by atoms with Crippen LogP contribution in [0, 0.1) is 5.92 Å². The number of amides is 1. The summed E-state index contributed by atoms with van der Waals surface area (Å²) in [6.45, 7) is 4.34. The summed E-state index contributed by atoms with van der Waals surface area (Å²) < 4.78 is 0. The molecule has 1 heterocycles. The summed E-state index contributed by atoms with van der Waals surface area (Å²) in [6, 6.07) is 7.52. The maximum Gasteiger partial charge on any atom is 0.238 e. The Morgan fingerprint density at radius 2 is 2.05 bits per heavy atom. The molecule has 1 fully saturated rings. The third-order valence-corrected chi connectivity index (χ3v) is 4.22. The third-order valence-electron chi connectivity index (χ3n) is 3.89. The minimum absolute atomic E-state index is 0. The standard InChI is InChI=1S/C15H22ClN3O.ClH/c1-11(17)12-6-8-19(9-7-12)10-15(20)18-14-5-3-2-4-13(14)16;/h2-5,11-12H,6-10,17H2,1H3,(H,18,20);1H. The molecular formula is C15H23Cl2N3O. The highest BCUT2D eigenvalue weighted by molar-refractivity contribution is 6.33. The molecule has 118 valence electrons. The second kappa shape index (κ2) is 8.59. The molecule has 1 aliphatic rings. The molecule has 0 spiro atoms. The highest BCUT2D eigenvalue weighted by atomic mass is 35.5. The zero-order chi connectivity index (χ0) is 14.5. The van der Waals surface area contributed by atoms with E-state index in [9.17, 15) is 4.79 Å². The van der Waals surface area contributed by atoms with Crippen LogP contribution < -0.4 is 11.1 Å². The Morgan fingerprint density at radius 1 is 1.43 bits per heavy atom. The number of hydrogen-bond acceptors (Lipinski definition) is 3. The van der Waals surface area contributed by atoms with E-state index in [1.54, 1.807) is 6.07 Å². The molecule has 4 nitrogen and oxygen atoms in total. The van der Waals surface area contributed by atoms with Gasteiger partial charge in [0.2, 0.25) is 5.91 Å². The quantitative estimate of drug-likeness (QED) is 0.891. The van der Waals surface area contributed by atoms with E-state index in [1.807, 2.05) is 18.2 Å². The number of piperidine rings is 1. The van der Waals surface area contributed by atoms with Crippen LogP contribution in [0.15, 0.2) is 24.3 Å². The van der Waals surface area contributed by atoms with Gasteiger partial charge in [0.05, 0.1) is 17.3 Å². The molecule has 1 aromatic rings. The molecule has 6 heteroatoms. The van der Waals surface area contributed by atoms with Gasteiger partial charge in [0.25, 0.3) is 0 Å². The van der Waals surface area contributed by atoms with Gasteiger partial charge in [-0.2, -0.15) is 0 Å². The van der Waals surface area contributed by atoms with E-state index >= 15 is 0 Å². The van der Waals surface area contributed by atoms with Gasteiger partial charge in [-0.15, -0.1) is 12.4 Å². The number of halogens is 2. The van der Waals surface area contributed by atoms with Gasteiger partial charge in [-0.1, -0.05) is 23.7 Å². The van der Waals surface area contributed by atoms with Crippen LogP contribution in [-0.4, -0.2) is 36.5 Å². The number of anilines is 1. The molecule has 1 amide bonds. The summed E-state index contributed by atoms with van der Waals surface area (Å²) in [7, 11) is 0. The van der Waals surface area contributed by atoms with Crippen molar-refractivity contribution in [2.24, 2.45) is 11.7 Å². The molecule has 1 unspecified atom stereocenters. The van der Waals surface area contributed by atoms with Crippen LogP contribution in [0.25, 0.3) is 0 Å². The smallest absolute Gasteiger partial charge is 0.238 e. The summed E-state index contributed by atoms with van der Waals surface area (Å²) in [5, 5.41) is 3.42. The Balaban J connectivity index is 0.00000220. The lowest BCUT2D eigenvalue weighted by Crippen LogP contribution is -2.42. The van der Waals surface area contributed by atoms with Crippen LogP contribution in [0.2, 0.25) is 5.02 Å². The monoisotopic (exact) mass is 331 g/mol. The predicted octanol–water partition coefficient (Wildman–Crippen LogP) is 2.76. The highest BCUT2D eigenvalue weighted by Gasteiger charge is 2.23. The number of nitrogens with one attached hydrogen (secondary N) is 1. The Kier molecular flexibility index (Phi) is 7.46. The van der Waals surface area contributed by atoms with Crippen molar-refractivity contribution in [3.8, 4) is 0 Å². The normalized spacial score (nSPS) is 17.9. The van der Waals surface area contributed by atoms with E-state index in [2.05, 4.69) is 17.1 Å². The molecular weight excluding hydrogens is 309 g/mol. The fourth-order valence-corrected chi connectivity index (χ4v) is 2.78. The predicted molar refractivity (Wildman–Crippen MR) is 90.1 cm³/mol. The number of nitrogens with zero attached hydrogens (tertiary/aromatic N) is 1. The van der Waals surface area contributed by atoms with Gasteiger partial charge in [0.15, 0.2) is 0 Å². The topological polar surface area (TPSA) is 58.4 Å². The molecule has 2 rings (SSSR count). The second-order valence-corrected chi connectivity index (χ2v) is 5.91. The average Bonchev–Trinajstić information content (AvgIpc) is 2.42. The zero-order valence-corrected chi connectivity index (χ0v) is 13.8. The first kappa shape index (κ1) is 18.2. The molecule has 0 radical (unpaired) electrons. The fourth-order valence-electron chi connectivity index (χ4n) is 2.59. The van der Waals surface area contributed by atoms with Crippen LogP contribution in [0.4, 0.5) is 5.69 Å². The molecule has 21 heavy (non-hydrogen) atoms. The van der Waals surface area contributed by atoms with Gasteiger partial charge >= 0.3 is 0 Å². The molecule has 1 saturated heterocycles. The minimum atomic E-state index is -0.0163. The van der Waals surface area contributed by atoms with Crippen molar-refractivity contribution in [1.82, 2.24) is 4.90 Å². The molecule has 0 bridgehead atoms. The van der Waals surface area contributed by atoms with Gasteiger partial charge in [0.1, 0.15) is 0 Å². The van der Waals surface area contributed by atoms with E-state index < -0.39 is 0 Å². The first-order valence-electron chi connectivity index (χ1n) is 7.08. The Bertz CT molecular complexity index is 460. The second-order valence-electron chi connectivity index (χ2n) is 5.50. The number of rotatable bonds is 4. The summed E-state index contributed by atoms with van der Waals surface area (Å²) in [4.78, 5) is 14.2. The minimum Gasteiger partial charge on any atom is -0.328 e. The summed E-state index contributed by atoms with van der Waals surface area (Å²) in [6.07, 6.45) is 2.13. The van der Waals surface area contributed by atoms with E-state index in [1.165, 1.54) is 0 Å². The fraction of sp³-hybridized carbons (Fsp3) is 0.533. The van der Waals surface area contributed by atoms with Crippen molar-refractivity contribution >= 4 is 35.6 Å². The molecule has 0 aliphatic carbocycles. The Labute approximate surface area is 137 Å². The number of hydrogen-bond donors (Lipinski definition) is 2. The van der Waals surface area contributed by atoms with Crippen LogP contribution in [-0.2, 0) is 4.79 Å². The number of benzene rings is 1. The number of carbonyl (C=O) groups is 1. The number of nitrogens with two attached hydrogens (primary N) is 1. The van der Waals surface area contributed by atoms with Crippen LogP contribution in [0.1, 0.15) is 19.8 Å². The van der Waals surface area contributed by atoms with Crippen molar-refractivity contribution in [3.05, 3.63) is 29.3 Å². The van der Waals surface area contributed by atoms with Crippen molar-refractivity contribution in [2.75, 3.05) is 25.0 Å². The number of likely N-dealkylation sites (tertiary alicyclic amines) is 1. The van der Waals surface area contributed by atoms with E-state index in [0.717, 1.165) is 25.9 Å². The third kappa shape index (κ3) is 5.47. The van der Waals surface area contributed by atoms with Gasteiger partial charge in [-0.05, 0) is 50.9 Å². The average molecular weight is 332 g/mol. The molecule has 1 atom stereocenters. The Hall–Kier alpha value is -0.810. The van der Waals surface area contributed by atoms with Crippen molar-refractivity contribution in [1.29, 1.82) is 0 Å². The maximum absolute atomic E-state index is 12.0. The molecule has 0 saturated carbocycles. The lowest BCUT2D eigenvalue weighted by molar-refractivity contribution is -0.117. The molecule has 3 N–H and O–H groups in total. The lowest BCUT2D eigenvalue weighted by atomic mass is 9.91. The van der Waals surface area contributed by atoms with E-state index in [0.29, 0.717) is 23.2 Å². The van der Waals surface area contributed by atoms with Gasteiger partial charge in [-0.25, -0.2) is 0 Å². The maximum atomic E-state index is 12.0. The number of carbonyl (C=O) groups excluding carboxylic acids is 1. The molecule has 1 aliphatic heterocycles. The first-order chi connectivity index (χ1) is 9.56. The van der Waals surface area contributed by atoms with Crippen LogP contribution in [0.3, 0.4) is 0 Å². The Morgan fingerprint density at radius 3 is 2.62 bits per heavy atom. The summed E-state index contributed by atoms with van der Waals surface area (Å²) in [5.74, 6) is 0.565. The summed E-state index contributed by atoms with van der Waals surface area (Å²) >= 11 is 6.02. The van der Waals surface area contributed by atoms with Gasteiger partial charge in [0, 0.05) is 6.04 Å². The van der Waals surface area contributed by atoms with Crippen molar-refractivity contribution in [2.45, 2.75) is 25.8 Å². The van der Waals surface area contributed by atoms with Gasteiger partial charge in [-0.3, -0.25) is 9.69 Å². The molecule has 1 aromatic carbocycles. The van der Waals surface area contributed by atoms with E-state index in [-0.39, 0.29) is 24.4 Å². The van der Waals surface area contributed by atoms with Crippen molar-refractivity contribution < 1.29 is 4.79 Å². The largest absolute Gasteiger partial charge is 0.328 e. The SMILES string of the molecule is CC(N)C1CCN(CC(=O)Nc2ccccc2Cl)CC1.Cl. The van der Waals surface area contributed by atoms with Crippen LogP contribution in [0.5, 0.6) is 0 Å². The molecule has 0 aromatic heterocycles. The summed E-state index contributed by atoms with van der Waals surface area (Å²) in [5.41, 5.74) is 6.59. The number of para-hydroxylation sites is 1. The van der Waals surface area contributed by atoms with Gasteiger partial charge < -0.3 is 11.1 Å². The highest BCUT2D eigenvalue weighted by Crippen LogP contribution is 2.21. The first-order valence-corrected chi connectivity index (χ1v) is 7.46. The van der Waals surface area contributed by atoms with E-state index in [4.69, 9.17) is 17.3 Å². The lowest BCUT2D eigenvalue weighted by Gasteiger charge is -2.33. The zero-order valence-electron chi connectivity index (χ0n) is 12.2.